The summed E-state index contributed by atoms with van der Waals surface area (Å²) in [6.45, 7) is 6.44. The van der Waals surface area contributed by atoms with Crippen LogP contribution in [0.15, 0.2) is 43.0 Å². The summed E-state index contributed by atoms with van der Waals surface area (Å²) in [4.78, 5) is 27.6. The molecule has 0 fully saturated rings. The SMILES string of the molecule is CC(C)(C)NC(=O)NCCNC(=O)c1ccc(-n2ccnc2)cc1. The maximum Gasteiger partial charge on any atom is 0.315 e. The minimum atomic E-state index is -0.287. The van der Waals surface area contributed by atoms with Crippen LogP contribution in [0.25, 0.3) is 5.69 Å². The molecule has 0 unspecified atom stereocenters. The number of hydrogen-bond donors (Lipinski definition) is 3. The first-order valence-electron chi connectivity index (χ1n) is 7.78. The van der Waals surface area contributed by atoms with Gasteiger partial charge in [0.15, 0.2) is 0 Å². The summed E-state index contributed by atoms with van der Waals surface area (Å²) in [5.74, 6) is -0.176. The smallest absolute Gasteiger partial charge is 0.315 e. The van der Waals surface area contributed by atoms with Crippen molar-refractivity contribution in [3.63, 3.8) is 0 Å². The van der Waals surface area contributed by atoms with Crippen molar-refractivity contribution in [3.8, 4) is 5.69 Å². The number of aromatic nitrogens is 2. The van der Waals surface area contributed by atoms with E-state index in [1.807, 2.05) is 43.7 Å². The molecule has 1 aromatic carbocycles. The number of nitrogens with one attached hydrogen (secondary N) is 3. The van der Waals surface area contributed by atoms with Gasteiger partial charge in [0.2, 0.25) is 0 Å². The predicted molar refractivity (Wildman–Crippen MR) is 92.2 cm³/mol. The molecule has 1 aromatic heterocycles. The Labute approximate surface area is 141 Å². The van der Waals surface area contributed by atoms with Crippen LogP contribution in [0.5, 0.6) is 0 Å². The van der Waals surface area contributed by atoms with Gasteiger partial charge in [-0.1, -0.05) is 0 Å². The Bertz CT molecular complexity index is 672. The number of carbonyl (C=O) groups excluding carboxylic acids is 2. The van der Waals surface area contributed by atoms with Crippen LogP contribution in [0.4, 0.5) is 4.79 Å². The van der Waals surface area contributed by atoms with Gasteiger partial charge in [-0.3, -0.25) is 4.79 Å². The highest BCUT2D eigenvalue weighted by Crippen LogP contribution is 2.09. The molecule has 128 valence electrons. The molecule has 24 heavy (non-hydrogen) atoms. The number of benzene rings is 1. The van der Waals surface area contributed by atoms with Crippen LogP contribution in [0, 0.1) is 0 Å². The third-order valence-corrected chi connectivity index (χ3v) is 3.12. The lowest BCUT2D eigenvalue weighted by Crippen LogP contribution is -2.48. The molecule has 3 amide bonds. The molecular formula is C17H23N5O2. The van der Waals surface area contributed by atoms with Gasteiger partial charge in [-0.05, 0) is 45.0 Å². The molecule has 2 rings (SSSR count). The van der Waals surface area contributed by atoms with Gasteiger partial charge in [-0.25, -0.2) is 9.78 Å². The van der Waals surface area contributed by atoms with E-state index in [2.05, 4.69) is 20.9 Å². The molecule has 0 aliphatic carbocycles. The zero-order valence-corrected chi connectivity index (χ0v) is 14.2. The fourth-order valence-electron chi connectivity index (χ4n) is 2.04. The Hall–Kier alpha value is -2.83. The molecule has 0 atom stereocenters. The normalized spacial score (nSPS) is 11.0. The van der Waals surface area contributed by atoms with Gasteiger partial charge in [-0.15, -0.1) is 0 Å². The molecule has 0 aliphatic rings. The first-order valence-corrected chi connectivity index (χ1v) is 7.78. The van der Waals surface area contributed by atoms with E-state index in [0.717, 1.165) is 5.69 Å². The number of amides is 3. The van der Waals surface area contributed by atoms with E-state index in [0.29, 0.717) is 18.7 Å². The highest BCUT2D eigenvalue weighted by Gasteiger charge is 2.12. The van der Waals surface area contributed by atoms with Crippen molar-refractivity contribution in [2.45, 2.75) is 26.3 Å². The zero-order chi connectivity index (χ0) is 17.6. The van der Waals surface area contributed by atoms with E-state index >= 15 is 0 Å². The van der Waals surface area contributed by atoms with Crippen molar-refractivity contribution in [2.24, 2.45) is 0 Å². The molecule has 7 nitrogen and oxygen atoms in total. The fourth-order valence-corrected chi connectivity index (χ4v) is 2.04. The third kappa shape index (κ3) is 5.42. The Kier molecular flexibility index (Phi) is 5.57. The highest BCUT2D eigenvalue weighted by atomic mass is 16.2. The molecule has 2 aromatic rings. The number of imidazole rings is 1. The molecular weight excluding hydrogens is 306 g/mol. The number of nitrogens with zero attached hydrogens (tertiary/aromatic N) is 2. The number of carbonyl (C=O) groups is 2. The van der Waals surface area contributed by atoms with Gasteiger partial charge >= 0.3 is 6.03 Å². The Morgan fingerprint density at radius 2 is 1.75 bits per heavy atom. The van der Waals surface area contributed by atoms with Crippen LogP contribution in [-0.4, -0.2) is 40.1 Å². The largest absolute Gasteiger partial charge is 0.350 e. The van der Waals surface area contributed by atoms with E-state index in [9.17, 15) is 9.59 Å². The number of urea groups is 1. The third-order valence-electron chi connectivity index (χ3n) is 3.12. The van der Waals surface area contributed by atoms with Crippen molar-refractivity contribution in [1.82, 2.24) is 25.5 Å². The zero-order valence-electron chi connectivity index (χ0n) is 14.2. The summed E-state index contributed by atoms with van der Waals surface area (Å²) in [6.07, 6.45) is 5.23. The molecule has 7 heteroatoms. The first-order chi connectivity index (χ1) is 11.3. The summed E-state index contributed by atoms with van der Waals surface area (Å²) in [5, 5.41) is 8.26. The molecule has 3 N–H and O–H groups in total. The lowest BCUT2D eigenvalue weighted by molar-refractivity contribution is 0.0953. The van der Waals surface area contributed by atoms with Gasteiger partial charge in [0, 0.05) is 42.3 Å². The summed E-state index contributed by atoms with van der Waals surface area (Å²) in [7, 11) is 0. The van der Waals surface area contributed by atoms with Crippen LogP contribution < -0.4 is 16.0 Å². The quantitative estimate of drug-likeness (QED) is 0.730. The lowest BCUT2D eigenvalue weighted by Gasteiger charge is -2.20. The summed E-state index contributed by atoms with van der Waals surface area (Å²) >= 11 is 0. The topological polar surface area (TPSA) is 88.0 Å². The molecule has 0 radical (unpaired) electrons. The van der Waals surface area contributed by atoms with Crippen molar-refractivity contribution in [1.29, 1.82) is 0 Å². The minimum absolute atomic E-state index is 0.176. The molecule has 0 saturated heterocycles. The number of hydrogen-bond acceptors (Lipinski definition) is 3. The monoisotopic (exact) mass is 329 g/mol. The first kappa shape index (κ1) is 17.5. The van der Waals surface area contributed by atoms with Gasteiger partial charge in [-0.2, -0.15) is 0 Å². The highest BCUT2D eigenvalue weighted by molar-refractivity contribution is 5.94. The molecule has 0 saturated carbocycles. The second kappa shape index (κ2) is 7.63. The molecule has 0 spiro atoms. The van der Waals surface area contributed by atoms with E-state index in [-0.39, 0.29) is 17.5 Å². The Morgan fingerprint density at radius 1 is 1.08 bits per heavy atom. The van der Waals surface area contributed by atoms with Gasteiger partial charge in [0.1, 0.15) is 0 Å². The molecule has 0 bridgehead atoms. The van der Waals surface area contributed by atoms with E-state index in [1.165, 1.54) is 0 Å². The summed E-state index contributed by atoms with van der Waals surface area (Å²) in [6, 6.07) is 6.97. The van der Waals surface area contributed by atoms with Crippen molar-refractivity contribution in [2.75, 3.05) is 13.1 Å². The second-order valence-electron chi connectivity index (χ2n) is 6.40. The van der Waals surface area contributed by atoms with E-state index in [4.69, 9.17) is 0 Å². The van der Waals surface area contributed by atoms with Crippen LogP contribution in [0.3, 0.4) is 0 Å². The fraction of sp³-hybridized carbons (Fsp3) is 0.353. The van der Waals surface area contributed by atoms with E-state index < -0.39 is 0 Å². The maximum absolute atomic E-state index is 12.1. The van der Waals surface area contributed by atoms with Crippen molar-refractivity contribution in [3.05, 3.63) is 48.5 Å². The van der Waals surface area contributed by atoms with E-state index in [1.54, 1.807) is 24.7 Å². The van der Waals surface area contributed by atoms with Gasteiger partial charge in [0.25, 0.3) is 5.91 Å². The van der Waals surface area contributed by atoms with Crippen molar-refractivity contribution >= 4 is 11.9 Å². The van der Waals surface area contributed by atoms with Crippen LogP contribution >= 0.6 is 0 Å². The average molecular weight is 329 g/mol. The van der Waals surface area contributed by atoms with Crippen LogP contribution in [0.1, 0.15) is 31.1 Å². The summed E-state index contributed by atoms with van der Waals surface area (Å²) < 4.78 is 1.86. The van der Waals surface area contributed by atoms with Crippen LogP contribution in [0.2, 0.25) is 0 Å². The molecule has 0 aliphatic heterocycles. The number of rotatable bonds is 5. The van der Waals surface area contributed by atoms with Crippen LogP contribution in [-0.2, 0) is 0 Å². The standard InChI is InChI=1S/C17H23N5O2/c1-17(2,3)21-16(24)20-9-8-19-15(23)13-4-6-14(7-5-13)22-11-10-18-12-22/h4-7,10-12H,8-9H2,1-3H3,(H,19,23)(H2,20,21,24). The molecule has 1 heterocycles. The predicted octanol–water partition coefficient (Wildman–Crippen LogP) is 1.70. The summed E-state index contributed by atoms with van der Waals surface area (Å²) in [5.41, 5.74) is 1.22. The lowest BCUT2D eigenvalue weighted by atomic mass is 10.1. The van der Waals surface area contributed by atoms with Gasteiger partial charge in [0.05, 0.1) is 6.33 Å². The average Bonchev–Trinajstić information content (AvgIpc) is 3.04. The minimum Gasteiger partial charge on any atom is -0.350 e. The Balaban J connectivity index is 1.76. The Morgan fingerprint density at radius 3 is 2.33 bits per heavy atom. The van der Waals surface area contributed by atoms with Crippen molar-refractivity contribution < 1.29 is 9.59 Å². The second-order valence-corrected chi connectivity index (χ2v) is 6.40. The maximum atomic E-state index is 12.1. The van der Waals surface area contributed by atoms with Gasteiger partial charge < -0.3 is 20.5 Å².